The summed E-state index contributed by atoms with van der Waals surface area (Å²) in [6, 6.07) is 18.3. The van der Waals surface area contributed by atoms with Gasteiger partial charge in [0.2, 0.25) is 0 Å². The van der Waals surface area contributed by atoms with Crippen molar-refractivity contribution in [2.75, 3.05) is 13.7 Å². The number of rotatable bonds is 5. The zero-order chi connectivity index (χ0) is 19.4. The number of amides is 1. The molecule has 0 aliphatic rings. The second-order valence-electron chi connectivity index (χ2n) is 6.47. The lowest BCUT2D eigenvalue weighted by atomic mass is 10.1. The molecule has 0 heterocycles. The number of aromatic hydroxyl groups is 1. The largest absolute Gasteiger partial charge is 0.507 e. The molecule has 3 rings (SSSR count). The number of hydrogen-bond donors (Lipinski definition) is 1. The highest BCUT2D eigenvalue weighted by atomic mass is 16.5. The third-order valence-corrected chi connectivity index (χ3v) is 4.51. The number of carbonyl (C=O) groups is 2. The molecule has 138 valence electrons. The van der Waals surface area contributed by atoms with E-state index in [1.165, 1.54) is 11.0 Å². The highest BCUT2D eigenvalue weighted by Gasteiger charge is 2.17. The number of phenolic OH excluding ortho intramolecular Hbond substituents is 1. The fourth-order valence-electron chi connectivity index (χ4n) is 2.84. The van der Waals surface area contributed by atoms with E-state index < -0.39 is 5.97 Å². The van der Waals surface area contributed by atoms with E-state index in [1.807, 2.05) is 55.5 Å². The Hall–Kier alpha value is -3.34. The number of likely N-dealkylation sites (N-methyl/N-ethyl adjacent to an activating group) is 1. The molecular formula is C22H21NO4. The van der Waals surface area contributed by atoms with Gasteiger partial charge in [0, 0.05) is 13.6 Å². The molecule has 5 nitrogen and oxygen atoms in total. The predicted molar refractivity (Wildman–Crippen MR) is 104 cm³/mol. The standard InChI is InChI=1S/C22H21NO4/c1-15-7-3-4-10-18(15)13-23(2)21(25)14-27-22(26)19-11-16-8-5-6-9-17(16)12-20(19)24/h3-12,24H,13-14H2,1-2H3. The maximum absolute atomic E-state index is 12.3. The molecular weight excluding hydrogens is 342 g/mol. The molecule has 0 aliphatic carbocycles. The van der Waals surface area contributed by atoms with E-state index in [4.69, 9.17) is 4.74 Å². The first-order chi connectivity index (χ1) is 13.0. The lowest BCUT2D eigenvalue weighted by molar-refractivity contribution is -0.133. The fraction of sp³-hybridized carbons (Fsp3) is 0.182. The van der Waals surface area contributed by atoms with Crippen molar-refractivity contribution >= 4 is 22.6 Å². The van der Waals surface area contributed by atoms with Crippen LogP contribution in [0, 0.1) is 6.92 Å². The van der Waals surface area contributed by atoms with Crippen LogP contribution in [0.4, 0.5) is 0 Å². The molecule has 0 radical (unpaired) electrons. The molecule has 0 aromatic heterocycles. The number of fused-ring (bicyclic) bond motifs is 1. The molecule has 5 heteroatoms. The van der Waals surface area contributed by atoms with E-state index in [1.54, 1.807) is 13.1 Å². The van der Waals surface area contributed by atoms with Crippen LogP contribution in [0.1, 0.15) is 21.5 Å². The van der Waals surface area contributed by atoms with Crippen molar-refractivity contribution in [3.05, 3.63) is 77.4 Å². The topological polar surface area (TPSA) is 66.8 Å². The van der Waals surface area contributed by atoms with Crippen LogP contribution in [-0.2, 0) is 16.1 Å². The Labute approximate surface area is 157 Å². The molecule has 27 heavy (non-hydrogen) atoms. The SMILES string of the molecule is Cc1ccccc1CN(C)C(=O)COC(=O)c1cc2ccccc2cc1O. The van der Waals surface area contributed by atoms with E-state index in [0.29, 0.717) is 6.54 Å². The summed E-state index contributed by atoms with van der Waals surface area (Å²) in [5.41, 5.74) is 2.17. The summed E-state index contributed by atoms with van der Waals surface area (Å²) < 4.78 is 5.12. The summed E-state index contributed by atoms with van der Waals surface area (Å²) in [4.78, 5) is 26.1. The molecule has 0 spiro atoms. The quantitative estimate of drug-likeness (QED) is 0.703. The van der Waals surface area contributed by atoms with Gasteiger partial charge in [-0.15, -0.1) is 0 Å². The first kappa shape index (κ1) is 18.5. The maximum Gasteiger partial charge on any atom is 0.342 e. The van der Waals surface area contributed by atoms with Gasteiger partial charge in [0.05, 0.1) is 0 Å². The van der Waals surface area contributed by atoms with E-state index in [9.17, 15) is 14.7 Å². The van der Waals surface area contributed by atoms with Crippen LogP contribution in [0.3, 0.4) is 0 Å². The van der Waals surface area contributed by atoms with Gasteiger partial charge in [-0.05, 0) is 41.0 Å². The highest BCUT2D eigenvalue weighted by Crippen LogP contribution is 2.25. The van der Waals surface area contributed by atoms with Gasteiger partial charge in [-0.2, -0.15) is 0 Å². The third-order valence-electron chi connectivity index (χ3n) is 4.51. The summed E-state index contributed by atoms with van der Waals surface area (Å²) in [6.45, 7) is 2.04. The lowest BCUT2D eigenvalue weighted by Crippen LogP contribution is -2.31. The van der Waals surface area contributed by atoms with Gasteiger partial charge >= 0.3 is 5.97 Å². The average Bonchev–Trinajstić information content (AvgIpc) is 2.67. The van der Waals surface area contributed by atoms with Crippen LogP contribution in [0.5, 0.6) is 5.75 Å². The lowest BCUT2D eigenvalue weighted by Gasteiger charge is -2.18. The number of phenols is 1. The molecule has 3 aromatic carbocycles. The van der Waals surface area contributed by atoms with Crippen molar-refractivity contribution in [3.63, 3.8) is 0 Å². The van der Waals surface area contributed by atoms with Crippen LogP contribution < -0.4 is 0 Å². The average molecular weight is 363 g/mol. The van der Waals surface area contributed by atoms with Crippen LogP contribution >= 0.6 is 0 Å². The van der Waals surface area contributed by atoms with Crippen molar-refractivity contribution in [2.24, 2.45) is 0 Å². The van der Waals surface area contributed by atoms with E-state index in [0.717, 1.165) is 21.9 Å². The number of carbonyl (C=O) groups excluding carboxylic acids is 2. The Morgan fingerprint density at radius 2 is 1.63 bits per heavy atom. The monoisotopic (exact) mass is 363 g/mol. The smallest absolute Gasteiger partial charge is 0.342 e. The molecule has 1 N–H and O–H groups in total. The van der Waals surface area contributed by atoms with Crippen LogP contribution in [0.25, 0.3) is 10.8 Å². The molecule has 0 atom stereocenters. The second-order valence-corrected chi connectivity index (χ2v) is 6.47. The first-order valence-corrected chi connectivity index (χ1v) is 8.63. The Kier molecular flexibility index (Phi) is 5.41. The van der Waals surface area contributed by atoms with Crippen molar-refractivity contribution in [2.45, 2.75) is 13.5 Å². The van der Waals surface area contributed by atoms with E-state index in [2.05, 4.69) is 0 Å². The zero-order valence-electron chi connectivity index (χ0n) is 15.3. The predicted octanol–water partition coefficient (Wildman–Crippen LogP) is 3.67. The van der Waals surface area contributed by atoms with Gasteiger partial charge < -0.3 is 14.7 Å². The normalized spacial score (nSPS) is 10.6. The minimum absolute atomic E-state index is 0.0445. The fourth-order valence-corrected chi connectivity index (χ4v) is 2.84. The summed E-state index contributed by atoms with van der Waals surface area (Å²) in [5.74, 6) is -1.21. The van der Waals surface area contributed by atoms with E-state index >= 15 is 0 Å². The molecule has 0 aliphatic heterocycles. The van der Waals surface area contributed by atoms with Gasteiger partial charge in [-0.25, -0.2) is 4.79 Å². The summed E-state index contributed by atoms with van der Waals surface area (Å²) in [6.07, 6.45) is 0. The number of benzene rings is 3. The third kappa shape index (κ3) is 4.26. The second kappa shape index (κ2) is 7.91. The Bertz CT molecular complexity index is 997. The van der Waals surface area contributed by atoms with Crippen LogP contribution in [0.2, 0.25) is 0 Å². The Balaban J connectivity index is 1.64. The number of ether oxygens (including phenoxy) is 1. The molecule has 0 saturated carbocycles. The van der Waals surface area contributed by atoms with Gasteiger partial charge in [-0.3, -0.25) is 4.79 Å². The minimum atomic E-state index is -0.726. The number of hydrogen-bond acceptors (Lipinski definition) is 4. The molecule has 0 saturated heterocycles. The minimum Gasteiger partial charge on any atom is -0.507 e. The van der Waals surface area contributed by atoms with Crippen molar-refractivity contribution in [1.29, 1.82) is 0 Å². The summed E-state index contributed by atoms with van der Waals surface area (Å²) >= 11 is 0. The summed E-state index contributed by atoms with van der Waals surface area (Å²) in [5, 5.41) is 11.7. The van der Waals surface area contributed by atoms with Crippen molar-refractivity contribution in [3.8, 4) is 5.75 Å². The van der Waals surface area contributed by atoms with Crippen LogP contribution in [0.15, 0.2) is 60.7 Å². The van der Waals surface area contributed by atoms with Crippen molar-refractivity contribution in [1.82, 2.24) is 4.90 Å². The number of aryl methyl sites for hydroxylation is 1. The van der Waals surface area contributed by atoms with Gasteiger partial charge in [0.1, 0.15) is 11.3 Å². The summed E-state index contributed by atoms with van der Waals surface area (Å²) in [7, 11) is 1.66. The Morgan fingerprint density at radius 3 is 2.33 bits per heavy atom. The van der Waals surface area contributed by atoms with Crippen molar-refractivity contribution < 1.29 is 19.4 Å². The number of esters is 1. The molecule has 1 amide bonds. The first-order valence-electron chi connectivity index (χ1n) is 8.63. The Morgan fingerprint density at radius 1 is 1.00 bits per heavy atom. The van der Waals surface area contributed by atoms with Gasteiger partial charge in [0.15, 0.2) is 6.61 Å². The van der Waals surface area contributed by atoms with Gasteiger partial charge in [-0.1, -0.05) is 48.5 Å². The maximum atomic E-state index is 12.3. The zero-order valence-corrected chi connectivity index (χ0v) is 15.3. The molecule has 0 bridgehead atoms. The van der Waals surface area contributed by atoms with E-state index in [-0.39, 0.29) is 23.8 Å². The highest BCUT2D eigenvalue weighted by molar-refractivity contribution is 5.99. The molecule has 0 unspecified atom stereocenters. The number of nitrogens with zero attached hydrogens (tertiary/aromatic N) is 1. The molecule has 3 aromatic rings. The van der Waals surface area contributed by atoms with Crippen LogP contribution in [-0.4, -0.2) is 35.5 Å². The van der Waals surface area contributed by atoms with Gasteiger partial charge in [0.25, 0.3) is 5.91 Å². The molecule has 0 fully saturated rings.